The molecule has 8 heteroatoms. The van der Waals surface area contributed by atoms with Crippen molar-refractivity contribution in [2.75, 3.05) is 37.0 Å². The monoisotopic (exact) mass is 364 g/mol. The molecule has 27 heavy (non-hydrogen) atoms. The van der Waals surface area contributed by atoms with Crippen LogP contribution in [-0.2, 0) is 12.8 Å². The van der Waals surface area contributed by atoms with Gasteiger partial charge < -0.3 is 9.80 Å². The Kier molecular flexibility index (Phi) is 3.91. The molecule has 0 bridgehead atoms. The quantitative estimate of drug-likeness (QED) is 0.702. The summed E-state index contributed by atoms with van der Waals surface area (Å²) in [6.07, 6.45) is 7.24. The topological polar surface area (TPSA) is 75.3 Å². The number of rotatable bonds is 3. The van der Waals surface area contributed by atoms with Crippen molar-refractivity contribution in [3.63, 3.8) is 0 Å². The second kappa shape index (κ2) is 6.44. The fraction of sp³-hybridized carbons (Fsp3) is 0.526. The maximum atomic E-state index is 4.85. The summed E-state index contributed by atoms with van der Waals surface area (Å²) in [5.74, 6) is 3.12. The van der Waals surface area contributed by atoms with Gasteiger partial charge in [-0.05, 0) is 49.8 Å². The fourth-order valence-electron chi connectivity index (χ4n) is 4.13. The number of nitrogens with zero attached hydrogens (tertiary/aromatic N) is 8. The Morgan fingerprint density at radius 2 is 1.96 bits per heavy atom. The molecule has 0 N–H and O–H groups in total. The average Bonchev–Trinajstić information content (AvgIpc) is 3.32. The molecule has 0 unspecified atom stereocenters. The van der Waals surface area contributed by atoms with E-state index in [4.69, 9.17) is 5.10 Å². The van der Waals surface area contributed by atoms with Gasteiger partial charge in [0.2, 0.25) is 5.95 Å². The van der Waals surface area contributed by atoms with Crippen LogP contribution in [0.4, 0.5) is 11.8 Å². The van der Waals surface area contributed by atoms with E-state index in [1.54, 1.807) is 0 Å². The molecule has 3 aromatic rings. The normalized spacial score (nSPS) is 17.5. The Hall–Kier alpha value is -2.77. The van der Waals surface area contributed by atoms with Gasteiger partial charge in [0, 0.05) is 39.3 Å². The van der Waals surface area contributed by atoms with Crippen LogP contribution < -0.4 is 9.80 Å². The van der Waals surface area contributed by atoms with Crippen molar-refractivity contribution in [1.82, 2.24) is 29.8 Å². The molecule has 8 nitrogen and oxygen atoms in total. The van der Waals surface area contributed by atoms with Gasteiger partial charge >= 0.3 is 0 Å². The van der Waals surface area contributed by atoms with E-state index in [2.05, 4.69) is 31.1 Å². The van der Waals surface area contributed by atoms with E-state index in [9.17, 15) is 0 Å². The van der Waals surface area contributed by atoms with Crippen LogP contribution in [0.3, 0.4) is 0 Å². The second-order valence-corrected chi connectivity index (χ2v) is 7.67. The summed E-state index contributed by atoms with van der Waals surface area (Å²) in [5.41, 5.74) is 3.44. The largest absolute Gasteiger partial charge is 0.363 e. The highest BCUT2D eigenvalue weighted by molar-refractivity contribution is 5.44. The highest BCUT2D eigenvalue weighted by atomic mass is 15.4. The minimum absolute atomic E-state index is 0.375. The molecule has 0 amide bonds. The molecule has 1 fully saturated rings. The van der Waals surface area contributed by atoms with Crippen LogP contribution in [0.25, 0.3) is 5.65 Å². The second-order valence-electron chi connectivity index (χ2n) is 7.67. The van der Waals surface area contributed by atoms with Crippen molar-refractivity contribution >= 4 is 17.4 Å². The molecule has 1 aliphatic heterocycles. The van der Waals surface area contributed by atoms with Gasteiger partial charge in [0.05, 0.1) is 5.69 Å². The van der Waals surface area contributed by atoms with Crippen molar-refractivity contribution in [3.05, 3.63) is 35.4 Å². The van der Waals surface area contributed by atoms with Crippen molar-refractivity contribution in [1.29, 1.82) is 0 Å². The molecule has 3 aromatic heterocycles. The van der Waals surface area contributed by atoms with E-state index >= 15 is 0 Å². The number of hydrogen-bond donors (Lipinski definition) is 0. The van der Waals surface area contributed by atoms with Crippen LogP contribution >= 0.6 is 0 Å². The Morgan fingerprint density at radius 1 is 1.11 bits per heavy atom. The molecule has 2 aliphatic rings. The van der Waals surface area contributed by atoms with E-state index in [0.717, 1.165) is 62.0 Å². The van der Waals surface area contributed by atoms with E-state index in [1.807, 2.05) is 35.8 Å². The molecule has 1 saturated heterocycles. The third-order valence-corrected chi connectivity index (χ3v) is 5.67. The predicted octanol–water partition coefficient (Wildman–Crippen LogP) is 1.85. The van der Waals surface area contributed by atoms with Gasteiger partial charge in [0.25, 0.3) is 0 Å². The number of anilines is 2. The average molecular weight is 364 g/mol. The summed E-state index contributed by atoms with van der Waals surface area (Å²) in [5, 5.41) is 13.7. The van der Waals surface area contributed by atoms with E-state index in [0.29, 0.717) is 5.92 Å². The number of hydrogen-bond acceptors (Lipinski definition) is 7. The molecular formula is C19H24N8. The van der Waals surface area contributed by atoms with Crippen LogP contribution in [-0.4, -0.2) is 57.0 Å². The molecule has 1 aliphatic carbocycles. The fourth-order valence-corrected chi connectivity index (χ4v) is 4.13. The lowest BCUT2D eigenvalue weighted by atomic mass is 9.96. The van der Waals surface area contributed by atoms with E-state index in [-0.39, 0.29) is 0 Å². The molecule has 0 radical (unpaired) electrons. The lowest BCUT2D eigenvalue weighted by molar-refractivity contribution is 0.472. The number of aryl methyl sites for hydroxylation is 2. The van der Waals surface area contributed by atoms with Gasteiger partial charge in [-0.3, -0.25) is 0 Å². The van der Waals surface area contributed by atoms with Crippen LogP contribution in [0.1, 0.15) is 42.3 Å². The molecule has 4 heterocycles. The molecule has 0 aromatic carbocycles. The first-order valence-corrected chi connectivity index (χ1v) is 9.68. The molecule has 140 valence electrons. The molecule has 0 spiro atoms. The SMILES string of the molecule is CN(C)c1ccnc(N2CCC(c3nnc4cc5c(nn34)CCC5)CC2)n1. The Labute approximate surface area is 158 Å². The minimum atomic E-state index is 0.375. The number of piperidine rings is 1. The smallest absolute Gasteiger partial charge is 0.227 e. The van der Waals surface area contributed by atoms with Crippen LogP contribution in [0.5, 0.6) is 0 Å². The van der Waals surface area contributed by atoms with Gasteiger partial charge in [-0.15, -0.1) is 10.2 Å². The van der Waals surface area contributed by atoms with Gasteiger partial charge in [-0.25, -0.2) is 4.98 Å². The Balaban J connectivity index is 1.35. The molecular weight excluding hydrogens is 340 g/mol. The summed E-state index contributed by atoms with van der Waals surface area (Å²) < 4.78 is 1.98. The van der Waals surface area contributed by atoms with Crippen LogP contribution in [0.2, 0.25) is 0 Å². The van der Waals surface area contributed by atoms with Gasteiger partial charge in [0.1, 0.15) is 5.82 Å². The predicted molar refractivity (Wildman–Crippen MR) is 103 cm³/mol. The first-order chi connectivity index (χ1) is 13.2. The van der Waals surface area contributed by atoms with Crippen molar-refractivity contribution in [2.45, 2.75) is 38.0 Å². The summed E-state index contributed by atoms with van der Waals surface area (Å²) in [6.45, 7) is 1.84. The summed E-state index contributed by atoms with van der Waals surface area (Å²) >= 11 is 0. The zero-order valence-electron chi connectivity index (χ0n) is 15.8. The van der Waals surface area contributed by atoms with Crippen molar-refractivity contribution in [3.8, 4) is 0 Å². The number of aromatic nitrogens is 6. The zero-order valence-corrected chi connectivity index (χ0v) is 15.8. The highest BCUT2D eigenvalue weighted by Gasteiger charge is 2.27. The van der Waals surface area contributed by atoms with Crippen molar-refractivity contribution < 1.29 is 0 Å². The number of fused-ring (bicyclic) bond motifs is 2. The third-order valence-electron chi connectivity index (χ3n) is 5.67. The molecule has 0 atom stereocenters. The summed E-state index contributed by atoms with van der Waals surface area (Å²) in [4.78, 5) is 13.4. The van der Waals surface area contributed by atoms with E-state index in [1.165, 1.54) is 17.7 Å². The maximum Gasteiger partial charge on any atom is 0.227 e. The standard InChI is InChI=1S/C19H24N8/c1-25(2)16-6-9-20-19(21-16)26-10-7-13(8-11-26)18-23-22-17-12-14-4-3-5-15(14)24-27(17)18/h6,9,12-13H,3-5,7-8,10-11H2,1-2H3. The summed E-state index contributed by atoms with van der Waals surface area (Å²) in [6, 6.07) is 4.10. The van der Waals surface area contributed by atoms with Gasteiger partial charge in [-0.1, -0.05) is 0 Å². The lowest BCUT2D eigenvalue weighted by Gasteiger charge is -2.31. The van der Waals surface area contributed by atoms with Crippen molar-refractivity contribution in [2.24, 2.45) is 0 Å². The first-order valence-electron chi connectivity index (χ1n) is 9.68. The summed E-state index contributed by atoms with van der Waals surface area (Å²) in [7, 11) is 4.00. The maximum absolute atomic E-state index is 4.85. The van der Waals surface area contributed by atoms with Gasteiger partial charge in [-0.2, -0.15) is 14.6 Å². The van der Waals surface area contributed by atoms with Crippen LogP contribution in [0.15, 0.2) is 18.3 Å². The van der Waals surface area contributed by atoms with Gasteiger partial charge in [0.15, 0.2) is 11.5 Å². The highest BCUT2D eigenvalue weighted by Crippen LogP contribution is 2.30. The zero-order chi connectivity index (χ0) is 18.4. The Bertz CT molecular complexity index is 971. The first kappa shape index (κ1) is 16.4. The Morgan fingerprint density at radius 3 is 2.78 bits per heavy atom. The van der Waals surface area contributed by atoms with E-state index < -0.39 is 0 Å². The van der Waals surface area contributed by atoms with Crippen LogP contribution in [0, 0.1) is 0 Å². The lowest BCUT2D eigenvalue weighted by Crippen LogP contribution is -2.35. The minimum Gasteiger partial charge on any atom is -0.363 e. The molecule has 5 rings (SSSR count). The molecule has 0 saturated carbocycles. The third kappa shape index (κ3) is 2.89.